The molecule has 3 N–H and O–H groups in total. The van der Waals surface area contributed by atoms with E-state index in [9.17, 15) is 19.4 Å². The van der Waals surface area contributed by atoms with Crippen LogP contribution in [0.5, 0.6) is 0 Å². The molecule has 0 saturated carbocycles. The summed E-state index contributed by atoms with van der Waals surface area (Å²) < 4.78 is 23.5. The lowest BCUT2D eigenvalue weighted by Gasteiger charge is -2.25. The van der Waals surface area contributed by atoms with Crippen molar-refractivity contribution in [2.24, 2.45) is 0 Å². The predicted octanol–water partition coefficient (Wildman–Crippen LogP) is 17.5. The predicted molar refractivity (Wildman–Crippen MR) is 295 cm³/mol. The van der Waals surface area contributed by atoms with Gasteiger partial charge in [-0.25, -0.2) is 4.57 Å². The second-order valence-electron chi connectivity index (χ2n) is 21.0. The maximum atomic E-state index is 12.9. The van der Waals surface area contributed by atoms with Gasteiger partial charge in [0.1, 0.15) is 13.2 Å². The molecule has 0 bridgehead atoms. The zero-order valence-corrected chi connectivity index (χ0v) is 46.5. The van der Waals surface area contributed by atoms with Gasteiger partial charge in [-0.15, -0.1) is 0 Å². The number of phosphoric acid groups is 1. The molecular weight excluding hydrogens is 864 g/mol. The fourth-order valence-electron chi connectivity index (χ4n) is 8.44. The van der Waals surface area contributed by atoms with Crippen molar-refractivity contribution < 1.29 is 32.9 Å². The minimum absolute atomic E-state index is 0.0566. The quantitative estimate of drug-likeness (QED) is 0.0243. The number of hydrogen-bond donors (Lipinski definition) is 3. The summed E-state index contributed by atoms with van der Waals surface area (Å²) in [4.78, 5) is 23.1. The van der Waals surface area contributed by atoms with Gasteiger partial charge in [-0.3, -0.25) is 13.8 Å². The van der Waals surface area contributed by atoms with Gasteiger partial charge in [-0.1, -0.05) is 249 Å². The van der Waals surface area contributed by atoms with Crippen LogP contribution in [0.15, 0.2) is 48.6 Å². The fourth-order valence-corrected chi connectivity index (χ4v) is 9.18. The number of allylic oxidation sites excluding steroid dienone is 7. The molecule has 0 spiro atoms. The van der Waals surface area contributed by atoms with Crippen LogP contribution >= 0.6 is 7.82 Å². The Morgan fingerprint density at radius 1 is 0.500 bits per heavy atom. The van der Waals surface area contributed by atoms with E-state index in [0.717, 1.165) is 44.9 Å². The van der Waals surface area contributed by atoms with Crippen LogP contribution in [0.3, 0.4) is 0 Å². The van der Waals surface area contributed by atoms with Crippen LogP contribution in [-0.2, 0) is 18.4 Å². The third-order valence-corrected chi connectivity index (χ3v) is 14.0. The van der Waals surface area contributed by atoms with Crippen molar-refractivity contribution in [2.75, 3.05) is 40.9 Å². The van der Waals surface area contributed by atoms with Crippen LogP contribution in [-0.4, -0.2) is 73.4 Å². The second kappa shape index (κ2) is 50.4. The largest absolute Gasteiger partial charge is 0.472 e. The summed E-state index contributed by atoms with van der Waals surface area (Å²) in [5.41, 5.74) is 0. The molecule has 0 rings (SSSR count). The summed E-state index contributed by atoms with van der Waals surface area (Å²) in [6, 6.07) is -0.860. The van der Waals surface area contributed by atoms with Crippen LogP contribution in [0, 0.1) is 0 Å². The van der Waals surface area contributed by atoms with E-state index in [2.05, 4.69) is 55.6 Å². The maximum Gasteiger partial charge on any atom is 0.472 e. The minimum Gasteiger partial charge on any atom is -0.387 e. The van der Waals surface area contributed by atoms with Gasteiger partial charge in [0, 0.05) is 6.42 Å². The second-order valence-corrected chi connectivity index (χ2v) is 22.5. The van der Waals surface area contributed by atoms with Crippen molar-refractivity contribution in [1.29, 1.82) is 0 Å². The van der Waals surface area contributed by atoms with E-state index in [0.29, 0.717) is 17.4 Å². The highest BCUT2D eigenvalue weighted by molar-refractivity contribution is 7.47. The molecule has 0 aliphatic rings. The number of carbonyl (C=O) groups excluding carboxylic acids is 1. The van der Waals surface area contributed by atoms with Crippen molar-refractivity contribution in [3.63, 3.8) is 0 Å². The number of hydrogen-bond acceptors (Lipinski definition) is 5. The summed E-state index contributed by atoms with van der Waals surface area (Å²) in [6.45, 7) is 4.74. The van der Waals surface area contributed by atoms with E-state index < -0.39 is 20.0 Å². The first-order chi connectivity index (χ1) is 33.0. The number of nitrogens with zero attached hydrogens (tertiary/aromatic N) is 1. The Morgan fingerprint density at radius 2 is 0.853 bits per heavy atom. The Morgan fingerprint density at radius 3 is 1.29 bits per heavy atom. The van der Waals surface area contributed by atoms with Crippen molar-refractivity contribution in [3.05, 3.63) is 48.6 Å². The molecule has 0 saturated heterocycles. The van der Waals surface area contributed by atoms with Gasteiger partial charge >= 0.3 is 7.82 Å². The first-order valence-electron chi connectivity index (χ1n) is 29.0. The molecule has 0 fully saturated rings. The molecule has 8 nitrogen and oxygen atoms in total. The van der Waals surface area contributed by atoms with Crippen LogP contribution < -0.4 is 5.32 Å². The third-order valence-electron chi connectivity index (χ3n) is 13.0. The molecule has 0 aromatic rings. The monoisotopic (exact) mass is 978 g/mol. The molecule has 0 aromatic heterocycles. The van der Waals surface area contributed by atoms with Gasteiger partial charge in [0.2, 0.25) is 5.91 Å². The lowest BCUT2D eigenvalue weighted by atomic mass is 10.0. The number of amides is 1. The number of nitrogens with one attached hydrogen (secondary N) is 1. The highest BCUT2D eigenvalue weighted by Crippen LogP contribution is 2.43. The van der Waals surface area contributed by atoms with E-state index in [-0.39, 0.29) is 19.1 Å². The number of unbranched alkanes of at least 4 members (excludes halogenated alkanes) is 34. The Hall–Kier alpha value is -1.54. The number of carbonyl (C=O) groups is 1. The lowest BCUT2D eigenvalue weighted by molar-refractivity contribution is -0.870. The first kappa shape index (κ1) is 66.5. The summed E-state index contributed by atoms with van der Waals surface area (Å²) in [5, 5.41) is 13.8. The number of quaternary nitrogens is 1. The molecule has 9 heteroatoms. The topological polar surface area (TPSA) is 105 Å². The molecule has 0 aromatic carbocycles. The number of likely N-dealkylation sites (N-methyl/N-ethyl adjacent to an activating group) is 1. The van der Waals surface area contributed by atoms with Crippen molar-refractivity contribution >= 4 is 13.7 Å². The zero-order chi connectivity index (χ0) is 49.9. The molecule has 68 heavy (non-hydrogen) atoms. The van der Waals surface area contributed by atoms with Crippen molar-refractivity contribution in [1.82, 2.24) is 5.32 Å². The maximum absolute atomic E-state index is 12.9. The Kier molecular flexibility index (Phi) is 49.3. The standard InChI is InChI=1S/C59H113N2O6P/c1-6-8-10-12-14-16-17-18-19-20-21-22-23-24-25-26-27-28-29-30-31-32-33-34-35-36-37-38-39-40-41-42-43-45-47-49-51-53-59(63)60-57(56-67-68(64,65)66-55-54-61(3,4)5)58(62)52-50-48-46-44-15-13-11-9-7-2/h15,17-18,20-21,44,50,52,57-58,62H,6-14,16,19,22-43,45-49,51,53-56H2,1-5H3,(H-,60,63,64,65)/p+1/b18-17-,21-20-,44-15+,52-50+. The summed E-state index contributed by atoms with van der Waals surface area (Å²) in [5.74, 6) is -0.186. The normalized spacial score (nSPS) is 14.3. The molecule has 400 valence electrons. The molecule has 3 unspecified atom stereocenters. The average molecular weight is 979 g/mol. The Bertz CT molecular complexity index is 1250. The lowest BCUT2D eigenvalue weighted by Crippen LogP contribution is -2.45. The summed E-state index contributed by atoms with van der Waals surface area (Å²) in [7, 11) is 1.56. The highest BCUT2D eigenvalue weighted by atomic mass is 31.2. The molecular formula is C59H114N2O6P+. The number of phosphoric ester groups is 1. The van der Waals surface area contributed by atoms with Crippen molar-refractivity contribution in [3.8, 4) is 0 Å². The van der Waals surface area contributed by atoms with Crippen LogP contribution in [0.25, 0.3) is 0 Å². The van der Waals surface area contributed by atoms with Crippen LogP contribution in [0.1, 0.15) is 271 Å². The van der Waals surface area contributed by atoms with Gasteiger partial charge in [0.25, 0.3) is 0 Å². The van der Waals surface area contributed by atoms with E-state index >= 15 is 0 Å². The van der Waals surface area contributed by atoms with E-state index in [1.807, 2.05) is 27.2 Å². The van der Waals surface area contributed by atoms with Gasteiger partial charge in [-0.05, 0) is 64.2 Å². The van der Waals surface area contributed by atoms with Gasteiger partial charge in [0.15, 0.2) is 0 Å². The van der Waals surface area contributed by atoms with E-state index in [1.54, 1.807) is 6.08 Å². The number of aliphatic hydroxyl groups excluding tert-OH is 1. The van der Waals surface area contributed by atoms with E-state index in [4.69, 9.17) is 9.05 Å². The number of rotatable bonds is 53. The molecule has 0 radical (unpaired) electrons. The average Bonchev–Trinajstić information content (AvgIpc) is 3.30. The van der Waals surface area contributed by atoms with Crippen LogP contribution in [0.4, 0.5) is 0 Å². The fraction of sp³-hybridized carbons (Fsp3) is 0.847. The van der Waals surface area contributed by atoms with Crippen LogP contribution in [0.2, 0.25) is 0 Å². The number of aliphatic hydroxyl groups is 1. The molecule has 1 amide bonds. The first-order valence-corrected chi connectivity index (χ1v) is 30.5. The molecule has 0 heterocycles. The summed E-state index contributed by atoms with van der Waals surface area (Å²) in [6.07, 6.45) is 66.9. The smallest absolute Gasteiger partial charge is 0.387 e. The van der Waals surface area contributed by atoms with Crippen molar-refractivity contribution in [2.45, 2.75) is 283 Å². The summed E-state index contributed by atoms with van der Waals surface area (Å²) >= 11 is 0. The van der Waals surface area contributed by atoms with Gasteiger partial charge < -0.3 is 19.8 Å². The molecule has 0 aliphatic heterocycles. The molecule has 3 atom stereocenters. The Balaban J connectivity index is 3.83. The SMILES string of the molecule is CCCCC/C=C/CC/C=C/C(O)C(COP(=O)(O)OCC[N+](C)(C)C)NC(=O)CCCCCCCCCCCCCCCCCCCCCCCCCCC/C=C\C/C=C\CCCCCCC. The van der Waals surface area contributed by atoms with Gasteiger partial charge in [0.05, 0.1) is 39.9 Å². The van der Waals surface area contributed by atoms with Gasteiger partial charge in [-0.2, -0.15) is 0 Å². The minimum atomic E-state index is -4.34. The molecule has 0 aliphatic carbocycles. The third kappa shape index (κ3) is 52.3. The Labute approximate surface area is 422 Å². The van der Waals surface area contributed by atoms with E-state index in [1.165, 1.54) is 205 Å². The highest BCUT2D eigenvalue weighted by Gasteiger charge is 2.27. The zero-order valence-electron chi connectivity index (χ0n) is 45.6.